The van der Waals surface area contributed by atoms with Gasteiger partial charge in [0.25, 0.3) is 10.0 Å². The van der Waals surface area contributed by atoms with Gasteiger partial charge in [0, 0.05) is 12.6 Å². The normalized spacial score (nSPS) is 15.7. The van der Waals surface area contributed by atoms with Gasteiger partial charge in [-0.2, -0.15) is 13.2 Å². The van der Waals surface area contributed by atoms with E-state index >= 15 is 0 Å². The van der Waals surface area contributed by atoms with Gasteiger partial charge in [0.15, 0.2) is 0 Å². The van der Waals surface area contributed by atoms with Crippen molar-refractivity contribution in [3.05, 3.63) is 99.1 Å². The molecule has 0 unspecified atom stereocenters. The second-order valence-electron chi connectivity index (χ2n) is 8.78. The summed E-state index contributed by atoms with van der Waals surface area (Å²) in [4.78, 5) is 14.9. The van der Waals surface area contributed by atoms with E-state index in [0.717, 1.165) is 22.5 Å². The lowest BCUT2D eigenvalue weighted by molar-refractivity contribution is -0.137. The highest BCUT2D eigenvalue weighted by Gasteiger charge is 2.37. The van der Waals surface area contributed by atoms with Crippen LogP contribution in [0.1, 0.15) is 29.1 Å². The van der Waals surface area contributed by atoms with Gasteiger partial charge in [0.05, 0.1) is 33.4 Å². The standard InChI is InChI=1S/C26H20ClF3N4O5S/c27-20-5-2-12-31-21(20)9-6-16-7-10-23-22(13-16)34(15-18(38-23)8-11-24-32-33-25(35)39-24)40(36,37)19-4-1-3-17(14-19)26(28,29)30/h1-7,9-10,12-14,18H,8,11,15H2,(H,33,35)/b9-6+/t18-/m0/s1. The molecule has 0 amide bonds. The summed E-state index contributed by atoms with van der Waals surface area (Å²) < 4.78 is 79.6. The third-order valence-electron chi connectivity index (χ3n) is 6.05. The van der Waals surface area contributed by atoms with Crippen molar-refractivity contribution < 1.29 is 30.7 Å². The van der Waals surface area contributed by atoms with Gasteiger partial charge in [-0.25, -0.2) is 18.3 Å². The molecule has 0 saturated carbocycles. The third-order valence-corrected chi connectivity index (χ3v) is 8.14. The minimum atomic E-state index is -4.73. The predicted octanol–water partition coefficient (Wildman–Crippen LogP) is 5.19. The fourth-order valence-corrected chi connectivity index (χ4v) is 5.85. The summed E-state index contributed by atoms with van der Waals surface area (Å²) in [5.41, 5.74) is 0.132. The van der Waals surface area contributed by atoms with Crippen molar-refractivity contribution in [2.75, 3.05) is 10.8 Å². The first-order chi connectivity index (χ1) is 19.0. The van der Waals surface area contributed by atoms with Crippen LogP contribution in [0.25, 0.3) is 12.2 Å². The van der Waals surface area contributed by atoms with E-state index in [-0.39, 0.29) is 36.7 Å². The number of aromatic nitrogens is 3. The Morgan fingerprint density at radius 1 is 1.12 bits per heavy atom. The number of aromatic amines is 1. The van der Waals surface area contributed by atoms with Crippen LogP contribution in [0.3, 0.4) is 0 Å². The second-order valence-corrected chi connectivity index (χ2v) is 11.0. The number of alkyl halides is 3. The molecule has 5 rings (SSSR count). The number of hydrogen-bond donors (Lipinski definition) is 1. The van der Waals surface area contributed by atoms with Crippen molar-refractivity contribution in [2.24, 2.45) is 0 Å². The molecule has 4 aromatic rings. The molecule has 1 N–H and O–H groups in total. The van der Waals surface area contributed by atoms with Crippen LogP contribution in [0.5, 0.6) is 5.75 Å². The molecule has 0 radical (unpaired) electrons. The van der Waals surface area contributed by atoms with Gasteiger partial charge in [0.1, 0.15) is 11.9 Å². The summed E-state index contributed by atoms with van der Waals surface area (Å²) in [5, 5.41) is 6.30. The molecule has 2 aromatic carbocycles. The van der Waals surface area contributed by atoms with E-state index in [2.05, 4.69) is 15.2 Å². The SMILES string of the molecule is O=c1[nH]nc(CC[C@H]2CN(S(=O)(=O)c3cccc(C(F)(F)F)c3)c3cc(/C=C/c4ncccc4Cl)ccc3O2)o1. The molecule has 2 aromatic heterocycles. The Morgan fingerprint density at radius 2 is 1.95 bits per heavy atom. The molecule has 208 valence electrons. The first kappa shape index (κ1) is 27.5. The zero-order valence-corrected chi connectivity index (χ0v) is 22.0. The monoisotopic (exact) mass is 592 g/mol. The van der Waals surface area contributed by atoms with Crippen LogP contribution >= 0.6 is 11.6 Å². The fraction of sp³-hybridized carbons (Fsp3) is 0.192. The van der Waals surface area contributed by atoms with E-state index in [0.29, 0.717) is 22.3 Å². The molecule has 0 aliphatic carbocycles. The van der Waals surface area contributed by atoms with Crippen LogP contribution in [-0.4, -0.2) is 36.2 Å². The van der Waals surface area contributed by atoms with E-state index in [1.54, 1.807) is 48.7 Å². The number of halogens is 4. The molecular formula is C26H20ClF3N4O5S. The molecule has 40 heavy (non-hydrogen) atoms. The summed E-state index contributed by atoms with van der Waals surface area (Å²) >= 11 is 6.16. The van der Waals surface area contributed by atoms with Crippen molar-refractivity contribution in [1.82, 2.24) is 15.2 Å². The van der Waals surface area contributed by atoms with Gasteiger partial charge >= 0.3 is 11.9 Å². The van der Waals surface area contributed by atoms with Gasteiger partial charge in [-0.3, -0.25) is 9.29 Å². The number of nitrogens with one attached hydrogen (secondary N) is 1. The van der Waals surface area contributed by atoms with Crippen LogP contribution in [0.4, 0.5) is 18.9 Å². The highest BCUT2D eigenvalue weighted by molar-refractivity contribution is 7.92. The Kier molecular flexibility index (Phi) is 7.43. The minimum absolute atomic E-state index is 0.111. The van der Waals surface area contributed by atoms with Crippen LogP contribution < -0.4 is 14.8 Å². The van der Waals surface area contributed by atoms with Crippen LogP contribution in [-0.2, 0) is 22.6 Å². The van der Waals surface area contributed by atoms with Gasteiger partial charge in [0.2, 0.25) is 5.89 Å². The first-order valence-electron chi connectivity index (χ1n) is 11.8. The zero-order chi connectivity index (χ0) is 28.5. The highest BCUT2D eigenvalue weighted by atomic mass is 35.5. The fourth-order valence-electron chi connectivity index (χ4n) is 4.12. The number of ether oxygens (including phenoxy) is 1. The van der Waals surface area contributed by atoms with E-state index in [4.69, 9.17) is 20.8 Å². The summed E-state index contributed by atoms with van der Waals surface area (Å²) in [7, 11) is -4.46. The Balaban J connectivity index is 1.52. The van der Waals surface area contributed by atoms with Gasteiger partial charge in [-0.1, -0.05) is 29.8 Å². The van der Waals surface area contributed by atoms with E-state index in [9.17, 15) is 26.4 Å². The lowest BCUT2D eigenvalue weighted by atomic mass is 10.1. The number of anilines is 1. The quantitative estimate of drug-likeness (QED) is 0.314. The number of rotatable bonds is 7. The summed E-state index contributed by atoms with van der Waals surface area (Å²) in [5.74, 6) is -0.408. The van der Waals surface area contributed by atoms with Crippen molar-refractivity contribution >= 4 is 39.5 Å². The summed E-state index contributed by atoms with van der Waals surface area (Å²) in [6.45, 7) is -0.209. The molecule has 1 atom stereocenters. The molecule has 14 heteroatoms. The summed E-state index contributed by atoms with van der Waals surface area (Å²) in [6.07, 6.45) is -0.179. The van der Waals surface area contributed by atoms with Crippen LogP contribution in [0, 0.1) is 0 Å². The smallest absolute Gasteiger partial charge is 0.434 e. The average Bonchev–Trinajstić information content (AvgIpc) is 3.35. The molecule has 3 heterocycles. The van der Waals surface area contributed by atoms with Crippen molar-refractivity contribution in [2.45, 2.75) is 30.0 Å². The van der Waals surface area contributed by atoms with Crippen molar-refractivity contribution in [3.8, 4) is 5.75 Å². The molecule has 0 saturated heterocycles. The minimum Gasteiger partial charge on any atom is -0.486 e. The first-order valence-corrected chi connectivity index (χ1v) is 13.7. The maximum atomic E-state index is 13.8. The Labute approximate surface area is 230 Å². The Bertz CT molecular complexity index is 1740. The topological polar surface area (TPSA) is 118 Å². The van der Waals surface area contributed by atoms with Crippen LogP contribution in [0.15, 0.2) is 74.9 Å². The van der Waals surface area contributed by atoms with Gasteiger partial charge in [-0.05, 0) is 60.5 Å². The zero-order valence-electron chi connectivity index (χ0n) is 20.4. The van der Waals surface area contributed by atoms with E-state index < -0.39 is 38.5 Å². The van der Waals surface area contributed by atoms with E-state index in [1.165, 1.54) is 0 Å². The molecule has 0 fully saturated rings. The molecule has 1 aliphatic rings. The predicted molar refractivity (Wildman–Crippen MR) is 140 cm³/mol. The maximum Gasteiger partial charge on any atom is 0.434 e. The van der Waals surface area contributed by atoms with Gasteiger partial charge < -0.3 is 9.15 Å². The molecule has 1 aliphatic heterocycles. The number of hydrogen-bond acceptors (Lipinski definition) is 7. The van der Waals surface area contributed by atoms with Crippen LogP contribution in [0.2, 0.25) is 5.02 Å². The number of benzene rings is 2. The number of sulfonamides is 1. The molecule has 0 bridgehead atoms. The number of aryl methyl sites for hydroxylation is 1. The number of pyridine rings is 1. The highest BCUT2D eigenvalue weighted by Crippen LogP contribution is 2.40. The van der Waals surface area contributed by atoms with Gasteiger partial charge in [-0.15, -0.1) is 5.10 Å². The average molecular weight is 593 g/mol. The molecule has 0 spiro atoms. The number of fused-ring (bicyclic) bond motifs is 1. The number of H-pyrrole nitrogens is 1. The van der Waals surface area contributed by atoms with E-state index in [1.807, 2.05) is 0 Å². The number of nitrogens with zero attached hydrogens (tertiary/aromatic N) is 3. The molecule has 9 nitrogen and oxygen atoms in total. The Hall–Kier alpha value is -4.10. The third kappa shape index (κ3) is 5.89. The van der Waals surface area contributed by atoms with Crippen molar-refractivity contribution in [1.29, 1.82) is 0 Å². The largest absolute Gasteiger partial charge is 0.486 e. The Morgan fingerprint density at radius 3 is 2.67 bits per heavy atom. The van der Waals surface area contributed by atoms with Crippen molar-refractivity contribution in [3.63, 3.8) is 0 Å². The lowest BCUT2D eigenvalue weighted by Crippen LogP contribution is -2.43. The lowest BCUT2D eigenvalue weighted by Gasteiger charge is -2.35. The summed E-state index contributed by atoms with van der Waals surface area (Å²) in [6, 6.07) is 11.7. The molecular weight excluding hydrogens is 573 g/mol. The second kappa shape index (κ2) is 10.8. The maximum absolute atomic E-state index is 13.8.